The van der Waals surface area contributed by atoms with E-state index in [9.17, 15) is 0 Å². The van der Waals surface area contributed by atoms with Crippen molar-refractivity contribution >= 4 is 26.8 Å². The van der Waals surface area contributed by atoms with Gasteiger partial charge in [0.15, 0.2) is 5.82 Å². The largest absolute Gasteiger partial charge is 0.326 e. The third-order valence-corrected chi connectivity index (χ3v) is 3.24. The van der Waals surface area contributed by atoms with Gasteiger partial charge >= 0.3 is 0 Å². The molecule has 0 radical (unpaired) electrons. The van der Waals surface area contributed by atoms with Crippen LogP contribution >= 0.6 is 15.9 Å². The lowest BCUT2D eigenvalue weighted by Gasteiger charge is -2.08. The van der Waals surface area contributed by atoms with Gasteiger partial charge in [0.1, 0.15) is 0 Å². The van der Waals surface area contributed by atoms with Crippen molar-refractivity contribution in [2.45, 2.75) is 6.54 Å². The van der Waals surface area contributed by atoms with E-state index in [4.69, 9.17) is 5.73 Å². The van der Waals surface area contributed by atoms with Crippen molar-refractivity contribution < 1.29 is 0 Å². The fourth-order valence-corrected chi connectivity index (χ4v) is 2.33. The van der Waals surface area contributed by atoms with Crippen LogP contribution in [0.5, 0.6) is 0 Å². The quantitative estimate of drug-likeness (QED) is 0.792. The summed E-state index contributed by atoms with van der Waals surface area (Å²) >= 11 is 3.40. The molecule has 90 valence electrons. The first kappa shape index (κ1) is 11.4. The lowest BCUT2D eigenvalue weighted by atomic mass is 10.2. The van der Waals surface area contributed by atoms with Crippen molar-refractivity contribution in [2.75, 3.05) is 0 Å². The van der Waals surface area contributed by atoms with Crippen LogP contribution in [0, 0.1) is 0 Å². The molecule has 0 amide bonds. The van der Waals surface area contributed by atoms with Crippen LogP contribution in [-0.2, 0) is 6.54 Å². The summed E-state index contributed by atoms with van der Waals surface area (Å²) < 4.78 is 2.74. The maximum Gasteiger partial charge on any atom is 0.158 e. The highest BCUT2D eigenvalue weighted by molar-refractivity contribution is 9.10. The second kappa shape index (κ2) is 4.51. The van der Waals surface area contributed by atoms with E-state index in [1.54, 1.807) is 6.20 Å². The predicted octanol–water partition coefficient (Wildman–Crippen LogP) is 2.64. The normalized spacial score (nSPS) is 11.0. The van der Waals surface area contributed by atoms with E-state index >= 15 is 0 Å². The highest BCUT2D eigenvalue weighted by Gasteiger charge is 2.10. The standard InChI is InChI=1S/C13H11BrN4/c14-11-5-10(6-15)13(16-8-11)18-12-4-2-1-3-9(12)7-17-18/h1-5,7-8H,6,15H2. The number of pyridine rings is 1. The van der Waals surface area contributed by atoms with Crippen LogP contribution < -0.4 is 5.73 Å². The number of nitrogens with zero attached hydrogens (tertiary/aromatic N) is 3. The number of halogens is 1. The summed E-state index contributed by atoms with van der Waals surface area (Å²) in [6.45, 7) is 0.427. The minimum Gasteiger partial charge on any atom is -0.326 e. The molecule has 1 aromatic carbocycles. The number of para-hydroxylation sites is 1. The molecule has 0 aliphatic rings. The van der Waals surface area contributed by atoms with Crippen molar-refractivity contribution in [3.8, 4) is 5.82 Å². The Hall–Kier alpha value is -1.72. The zero-order valence-electron chi connectivity index (χ0n) is 9.55. The molecule has 0 aliphatic heterocycles. The molecule has 3 aromatic rings. The molecule has 0 aliphatic carbocycles. The van der Waals surface area contributed by atoms with Crippen molar-refractivity contribution in [2.24, 2.45) is 5.73 Å². The summed E-state index contributed by atoms with van der Waals surface area (Å²) in [5.74, 6) is 0.780. The number of rotatable bonds is 2. The van der Waals surface area contributed by atoms with Gasteiger partial charge in [-0.3, -0.25) is 0 Å². The summed E-state index contributed by atoms with van der Waals surface area (Å²) in [6, 6.07) is 10.00. The second-order valence-corrected chi connectivity index (χ2v) is 4.87. The Bertz CT molecular complexity index is 705. The summed E-state index contributed by atoms with van der Waals surface area (Å²) in [6.07, 6.45) is 3.59. The van der Waals surface area contributed by atoms with Crippen LogP contribution in [0.4, 0.5) is 0 Å². The third-order valence-electron chi connectivity index (χ3n) is 2.81. The Balaban J connectivity index is 2.26. The molecule has 0 saturated heterocycles. The minimum absolute atomic E-state index is 0.427. The van der Waals surface area contributed by atoms with Crippen molar-refractivity contribution in [3.63, 3.8) is 0 Å². The number of aromatic nitrogens is 3. The van der Waals surface area contributed by atoms with Gasteiger partial charge in [0.05, 0.1) is 11.7 Å². The van der Waals surface area contributed by atoms with E-state index in [2.05, 4.69) is 26.0 Å². The van der Waals surface area contributed by atoms with Crippen molar-refractivity contribution in [1.82, 2.24) is 14.8 Å². The molecule has 4 nitrogen and oxygen atoms in total. The Kier molecular flexibility index (Phi) is 2.85. The summed E-state index contributed by atoms with van der Waals surface area (Å²) in [7, 11) is 0. The molecule has 0 unspecified atom stereocenters. The molecular weight excluding hydrogens is 292 g/mol. The van der Waals surface area contributed by atoms with Gasteiger partial charge in [0, 0.05) is 28.2 Å². The Morgan fingerprint density at radius 1 is 1.22 bits per heavy atom. The highest BCUT2D eigenvalue weighted by atomic mass is 79.9. The molecule has 3 rings (SSSR count). The maximum atomic E-state index is 5.77. The van der Waals surface area contributed by atoms with Gasteiger partial charge in [-0.15, -0.1) is 0 Å². The molecule has 2 heterocycles. The van der Waals surface area contributed by atoms with E-state index in [1.807, 2.05) is 41.2 Å². The summed E-state index contributed by atoms with van der Waals surface area (Å²) in [4.78, 5) is 4.42. The second-order valence-electron chi connectivity index (χ2n) is 3.96. The number of fused-ring (bicyclic) bond motifs is 1. The topological polar surface area (TPSA) is 56.7 Å². The van der Waals surface area contributed by atoms with E-state index in [0.717, 1.165) is 26.8 Å². The van der Waals surface area contributed by atoms with Gasteiger partial charge in [-0.25, -0.2) is 9.67 Å². The predicted molar refractivity (Wildman–Crippen MR) is 74.5 cm³/mol. The SMILES string of the molecule is NCc1cc(Br)cnc1-n1ncc2ccccc21. The van der Waals surface area contributed by atoms with Gasteiger partial charge in [0.25, 0.3) is 0 Å². The molecule has 0 atom stereocenters. The molecule has 0 saturated carbocycles. The molecule has 0 spiro atoms. The monoisotopic (exact) mass is 302 g/mol. The Morgan fingerprint density at radius 3 is 2.89 bits per heavy atom. The van der Waals surface area contributed by atoms with Crippen LogP contribution in [0.25, 0.3) is 16.7 Å². The first-order chi connectivity index (χ1) is 8.79. The summed E-state index contributed by atoms with van der Waals surface area (Å²) in [5.41, 5.74) is 7.75. The van der Waals surface area contributed by atoms with Crippen molar-refractivity contribution in [3.05, 3.63) is 52.8 Å². The highest BCUT2D eigenvalue weighted by Crippen LogP contribution is 2.21. The molecule has 5 heteroatoms. The van der Waals surface area contributed by atoms with Gasteiger partial charge in [-0.05, 0) is 28.1 Å². The molecule has 18 heavy (non-hydrogen) atoms. The lowest BCUT2D eigenvalue weighted by Crippen LogP contribution is -2.07. The van der Waals surface area contributed by atoms with Crippen molar-refractivity contribution in [1.29, 1.82) is 0 Å². The van der Waals surface area contributed by atoms with Gasteiger partial charge in [0.2, 0.25) is 0 Å². The zero-order chi connectivity index (χ0) is 12.5. The number of hydrogen-bond acceptors (Lipinski definition) is 3. The minimum atomic E-state index is 0.427. The molecule has 2 aromatic heterocycles. The number of nitrogens with two attached hydrogens (primary N) is 1. The zero-order valence-corrected chi connectivity index (χ0v) is 11.1. The molecule has 0 fully saturated rings. The fraction of sp³-hybridized carbons (Fsp3) is 0.0769. The lowest BCUT2D eigenvalue weighted by molar-refractivity contribution is 0.846. The molecule has 2 N–H and O–H groups in total. The van der Waals surface area contributed by atoms with Crippen LogP contribution in [0.1, 0.15) is 5.56 Å². The van der Waals surface area contributed by atoms with Crippen LogP contribution in [-0.4, -0.2) is 14.8 Å². The molecule has 0 bridgehead atoms. The number of benzene rings is 1. The average molecular weight is 303 g/mol. The van der Waals surface area contributed by atoms with E-state index in [0.29, 0.717) is 6.54 Å². The Labute approximate surface area is 113 Å². The van der Waals surface area contributed by atoms with Crippen LogP contribution in [0.15, 0.2) is 47.2 Å². The maximum absolute atomic E-state index is 5.77. The smallest absolute Gasteiger partial charge is 0.158 e. The Morgan fingerprint density at radius 2 is 2.06 bits per heavy atom. The van der Waals surface area contributed by atoms with Gasteiger partial charge in [-0.2, -0.15) is 5.10 Å². The molecular formula is C13H11BrN4. The third kappa shape index (κ3) is 1.81. The van der Waals surface area contributed by atoms with Crippen LogP contribution in [0.3, 0.4) is 0 Å². The van der Waals surface area contributed by atoms with Gasteiger partial charge < -0.3 is 5.73 Å². The van der Waals surface area contributed by atoms with Gasteiger partial charge in [-0.1, -0.05) is 18.2 Å². The average Bonchev–Trinajstić information content (AvgIpc) is 2.82. The summed E-state index contributed by atoms with van der Waals surface area (Å²) in [5, 5.41) is 5.48. The fourth-order valence-electron chi connectivity index (χ4n) is 1.96. The van der Waals surface area contributed by atoms with E-state index in [1.165, 1.54) is 0 Å². The van der Waals surface area contributed by atoms with E-state index in [-0.39, 0.29) is 0 Å². The van der Waals surface area contributed by atoms with Crippen LogP contribution in [0.2, 0.25) is 0 Å². The first-order valence-electron chi connectivity index (χ1n) is 5.57. The number of hydrogen-bond donors (Lipinski definition) is 1. The van der Waals surface area contributed by atoms with E-state index < -0.39 is 0 Å². The first-order valence-corrected chi connectivity index (χ1v) is 6.36.